The highest BCUT2D eigenvalue weighted by Gasteiger charge is 2.07. The van der Waals surface area contributed by atoms with Crippen LogP contribution in [-0.2, 0) is 14.3 Å². The van der Waals surface area contributed by atoms with Gasteiger partial charge in [0.15, 0.2) is 0 Å². The molecule has 6 heteroatoms. The Kier molecular flexibility index (Phi) is 7.51. The van der Waals surface area contributed by atoms with Crippen LogP contribution in [-0.4, -0.2) is 60.4 Å². The van der Waals surface area contributed by atoms with Crippen molar-refractivity contribution in [2.24, 2.45) is 0 Å². The average molecular weight is 194 g/mol. The molecule has 0 rings (SSSR count). The molecule has 3 N–H and O–H groups in total. The minimum absolute atomic E-state index is 0.0671. The summed E-state index contributed by atoms with van der Waals surface area (Å²) in [6, 6.07) is 0. The van der Waals surface area contributed by atoms with E-state index in [9.17, 15) is 4.79 Å². The van der Waals surface area contributed by atoms with Gasteiger partial charge in [0.1, 0.15) is 19.3 Å². The van der Waals surface area contributed by atoms with Crippen molar-refractivity contribution in [3.05, 3.63) is 0 Å². The lowest BCUT2D eigenvalue weighted by Crippen LogP contribution is -2.24. The molecule has 0 aromatic heterocycles. The predicted octanol–water partition coefficient (Wildman–Crippen LogP) is -2.11. The second kappa shape index (κ2) is 7.93. The normalized spacial score (nSPS) is 12.5. The molecule has 0 saturated carbocycles. The molecule has 0 spiro atoms. The van der Waals surface area contributed by atoms with Crippen molar-refractivity contribution < 1.29 is 29.6 Å². The highest BCUT2D eigenvalue weighted by atomic mass is 16.6. The Hall–Kier alpha value is -0.690. The molecule has 0 amide bonds. The van der Waals surface area contributed by atoms with Crippen LogP contribution >= 0.6 is 0 Å². The Labute approximate surface area is 75.7 Å². The fourth-order valence-electron chi connectivity index (χ4n) is 0.504. The van der Waals surface area contributed by atoms with Crippen LogP contribution in [0.2, 0.25) is 0 Å². The van der Waals surface area contributed by atoms with Gasteiger partial charge in [0.2, 0.25) is 0 Å². The van der Waals surface area contributed by atoms with E-state index in [0.29, 0.717) is 0 Å². The van der Waals surface area contributed by atoms with Gasteiger partial charge in [0.05, 0.1) is 19.8 Å². The van der Waals surface area contributed by atoms with Crippen molar-refractivity contribution in [3.8, 4) is 0 Å². The number of hydrogen-bond acceptors (Lipinski definition) is 6. The van der Waals surface area contributed by atoms with Crippen molar-refractivity contribution in [3.63, 3.8) is 0 Å². The summed E-state index contributed by atoms with van der Waals surface area (Å²) < 4.78 is 9.13. The molecule has 0 saturated heterocycles. The summed E-state index contributed by atoms with van der Waals surface area (Å²) in [5.74, 6) is -0.638. The van der Waals surface area contributed by atoms with Gasteiger partial charge in [-0.3, -0.25) is 0 Å². The van der Waals surface area contributed by atoms with E-state index in [4.69, 9.17) is 15.3 Å². The zero-order valence-electron chi connectivity index (χ0n) is 7.18. The van der Waals surface area contributed by atoms with Crippen molar-refractivity contribution in [1.82, 2.24) is 0 Å². The van der Waals surface area contributed by atoms with Gasteiger partial charge in [0.25, 0.3) is 0 Å². The van der Waals surface area contributed by atoms with Crippen molar-refractivity contribution in [2.45, 2.75) is 6.10 Å². The molecule has 0 radical (unpaired) electrons. The number of carbonyl (C=O) groups excluding carboxylic acids is 1. The largest absolute Gasteiger partial charge is 0.461 e. The maximum absolute atomic E-state index is 10.7. The maximum Gasteiger partial charge on any atom is 0.332 e. The SMILES string of the molecule is O=C(COCCO)OCC(O)CO. The molecule has 13 heavy (non-hydrogen) atoms. The molecule has 1 atom stereocenters. The van der Waals surface area contributed by atoms with Gasteiger partial charge in [0, 0.05) is 0 Å². The average Bonchev–Trinajstić information content (AvgIpc) is 2.14. The van der Waals surface area contributed by atoms with Crippen LogP contribution < -0.4 is 0 Å². The first kappa shape index (κ1) is 12.3. The Morgan fingerprint density at radius 3 is 2.62 bits per heavy atom. The van der Waals surface area contributed by atoms with Crippen molar-refractivity contribution in [2.75, 3.05) is 33.0 Å². The summed E-state index contributed by atoms with van der Waals surface area (Å²) in [5, 5.41) is 25.4. The molecule has 1 unspecified atom stereocenters. The second-order valence-corrected chi connectivity index (χ2v) is 2.30. The topological polar surface area (TPSA) is 96.2 Å². The van der Waals surface area contributed by atoms with Crippen LogP contribution in [0, 0.1) is 0 Å². The first-order valence-corrected chi connectivity index (χ1v) is 3.83. The Balaban J connectivity index is 3.30. The molecule has 78 valence electrons. The van der Waals surface area contributed by atoms with Crippen LogP contribution in [0.15, 0.2) is 0 Å². The Morgan fingerprint density at radius 2 is 2.08 bits per heavy atom. The molecular weight excluding hydrogens is 180 g/mol. The third-order valence-electron chi connectivity index (χ3n) is 1.10. The first-order chi connectivity index (χ1) is 6.20. The molecule has 0 aliphatic carbocycles. The smallest absolute Gasteiger partial charge is 0.332 e. The van der Waals surface area contributed by atoms with E-state index in [1.54, 1.807) is 0 Å². The summed E-state index contributed by atoms with van der Waals surface area (Å²) >= 11 is 0. The maximum atomic E-state index is 10.7. The number of aliphatic hydroxyl groups excluding tert-OH is 3. The van der Waals surface area contributed by atoms with Gasteiger partial charge in [-0.1, -0.05) is 0 Å². The summed E-state index contributed by atoms with van der Waals surface area (Å²) in [6.07, 6.45) is -1.05. The molecule has 0 bridgehead atoms. The third kappa shape index (κ3) is 7.66. The van der Waals surface area contributed by atoms with Gasteiger partial charge in [-0.05, 0) is 0 Å². The molecule has 0 heterocycles. The van der Waals surface area contributed by atoms with Crippen LogP contribution in [0.4, 0.5) is 0 Å². The number of ether oxygens (including phenoxy) is 2. The first-order valence-electron chi connectivity index (χ1n) is 3.83. The standard InChI is InChI=1S/C7H14O6/c8-1-2-12-5-7(11)13-4-6(10)3-9/h6,8-10H,1-5H2. The quantitative estimate of drug-likeness (QED) is 0.317. The van der Waals surface area contributed by atoms with Crippen LogP contribution in [0.5, 0.6) is 0 Å². The number of carbonyl (C=O) groups is 1. The van der Waals surface area contributed by atoms with E-state index in [-0.39, 0.29) is 26.4 Å². The van der Waals surface area contributed by atoms with Crippen molar-refractivity contribution >= 4 is 5.97 Å². The van der Waals surface area contributed by atoms with Crippen molar-refractivity contribution in [1.29, 1.82) is 0 Å². The monoisotopic (exact) mass is 194 g/mol. The minimum atomic E-state index is -1.05. The fraction of sp³-hybridized carbons (Fsp3) is 0.857. The lowest BCUT2D eigenvalue weighted by atomic mass is 10.4. The van der Waals surface area contributed by atoms with Gasteiger partial charge in [-0.15, -0.1) is 0 Å². The number of aliphatic hydroxyl groups is 3. The zero-order chi connectivity index (χ0) is 10.1. The molecule has 0 aromatic carbocycles. The summed E-state index contributed by atoms with van der Waals surface area (Å²) in [4.78, 5) is 10.7. The summed E-state index contributed by atoms with van der Waals surface area (Å²) in [7, 11) is 0. The van der Waals surface area contributed by atoms with Crippen LogP contribution in [0.3, 0.4) is 0 Å². The molecular formula is C7H14O6. The van der Waals surface area contributed by atoms with E-state index >= 15 is 0 Å². The summed E-state index contributed by atoms with van der Waals surface area (Å²) in [5.41, 5.74) is 0. The highest BCUT2D eigenvalue weighted by Crippen LogP contribution is 1.86. The molecule has 0 aliphatic rings. The summed E-state index contributed by atoms with van der Waals surface area (Å²) in [6.45, 7) is -1.06. The van der Waals surface area contributed by atoms with E-state index in [0.717, 1.165) is 0 Å². The minimum Gasteiger partial charge on any atom is -0.461 e. The third-order valence-corrected chi connectivity index (χ3v) is 1.10. The van der Waals surface area contributed by atoms with Crippen LogP contribution in [0.25, 0.3) is 0 Å². The Morgan fingerprint density at radius 1 is 1.38 bits per heavy atom. The van der Waals surface area contributed by atoms with E-state index < -0.39 is 18.7 Å². The van der Waals surface area contributed by atoms with E-state index in [1.165, 1.54) is 0 Å². The number of esters is 1. The molecule has 0 fully saturated rings. The second-order valence-electron chi connectivity index (χ2n) is 2.30. The lowest BCUT2D eigenvalue weighted by Gasteiger charge is -2.08. The number of hydrogen-bond donors (Lipinski definition) is 3. The molecule has 0 aromatic rings. The van der Waals surface area contributed by atoms with E-state index in [1.807, 2.05) is 0 Å². The fourth-order valence-corrected chi connectivity index (χ4v) is 0.504. The molecule has 0 aliphatic heterocycles. The molecule has 6 nitrogen and oxygen atoms in total. The predicted molar refractivity (Wildman–Crippen MR) is 42.0 cm³/mol. The number of rotatable bonds is 7. The van der Waals surface area contributed by atoms with Gasteiger partial charge in [-0.25, -0.2) is 4.79 Å². The lowest BCUT2D eigenvalue weighted by molar-refractivity contribution is -0.152. The zero-order valence-corrected chi connectivity index (χ0v) is 7.18. The van der Waals surface area contributed by atoms with Crippen LogP contribution in [0.1, 0.15) is 0 Å². The van der Waals surface area contributed by atoms with Gasteiger partial charge in [-0.2, -0.15) is 0 Å². The van der Waals surface area contributed by atoms with E-state index in [2.05, 4.69) is 9.47 Å². The van der Waals surface area contributed by atoms with Gasteiger partial charge < -0.3 is 24.8 Å². The highest BCUT2D eigenvalue weighted by molar-refractivity contribution is 5.70. The van der Waals surface area contributed by atoms with Gasteiger partial charge >= 0.3 is 5.97 Å². The Bertz CT molecular complexity index is 137.